The van der Waals surface area contributed by atoms with E-state index in [1.54, 1.807) is 11.4 Å². The maximum Gasteiger partial charge on any atom is 0.106 e. The second-order valence-electron chi connectivity index (χ2n) is 1.94. The summed E-state index contributed by atoms with van der Waals surface area (Å²) < 4.78 is 12.0. The molecule has 0 aliphatic heterocycles. The van der Waals surface area contributed by atoms with Crippen LogP contribution >= 0.6 is 0 Å². The summed E-state index contributed by atoms with van der Waals surface area (Å²) in [5.74, 6) is 0. The molecular formula is C7H9NOS. The number of nitrogens with zero attached hydrogens (tertiary/aromatic N) is 1. The Bertz CT molecular complexity index is 212. The van der Waals surface area contributed by atoms with E-state index in [9.17, 15) is 4.21 Å². The maximum absolute atomic E-state index is 10.3. The second-order valence-corrected chi connectivity index (χ2v) is 2.70. The molecule has 0 spiro atoms. The highest BCUT2D eigenvalue weighted by atomic mass is 32.2. The lowest BCUT2D eigenvalue weighted by Gasteiger charge is -2.08. The Morgan fingerprint density at radius 3 is 2.40 bits per heavy atom. The molecule has 0 unspecified atom stereocenters. The van der Waals surface area contributed by atoms with Gasteiger partial charge in [-0.2, -0.15) is 0 Å². The van der Waals surface area contributed by atoms with E-state index in [0.29, 0.717) is 0 Å². The largest absolute Gasteiger partial charge is 0.297 e. The summed E-state index contributed by atoms with van der Waals surface area (Å²) in [6.07, 6.45) is 0. The van der Waals surface area contributed by atoms with Crippen LogP contribution in [0.5, 0.6) is 0 Å². The highest BCUT2D eigenvalue weighted by Gasteiger charge is 1.92. The number of hydrogen-bond acceptors (Lipinski definition) is 1. The predicted octanol–water partition coefficient (Wildman–Crippen LogP) is 0.983. The SMILES string of the molecule is CN([SH]=O)c1ccccc1. The molecule has 10 heavy (non-hydrogen) atoms. The van der Waals surface area contributed by atoms with Gasteiger partial charge >= 0.3 is 0 Å². The highest BCUT2D eigenvalue weighted by molar-refractivity contribution is 7.67. The molecule has 0 saturated heterocycles. The standard InChI is InChI=1S/C7H9NOS/c1-8(10-9)7-5-3-2-4-6-7/h2-6,10H,1H3. The number of thiol groups is 1. The van der Waals surface area contributed by atoms with Gasteiger partial charge < -0.3 is 0 Å². The van der Waals surface area contributed by atoms with Crippen molar-refractivity contribution < 1.29 is 4.21 Å². The van der Waals surface area contributed by atoms with Crippen LogP contribution in [0.4, 0.5) is 5.69 Å². The summed E-state index contributed by atoms with van der Waals surface area (Å²) in [5.41, 5.74) is 0.958. The second kappa shape index (κ2) is 3.37. The van der Waals surface area contributed by atoms with Gasteiger partial charge in [0.1, 0.15) is 11.9 Å². The smallest absolute Gasteiger partial charge is 0.106 e. The van der Waals surface area contributed by atoms with Crippen LogP contribution in [0.2, 0.25) is 0 Å². The summed E-state index contributed by atoms with van der Waals surface area (Å²) in [7, 11) is 1.77. The minimum atomic E-state index is 0.0268. The number of benzene rings is 1. The first-order chi connectivity index (χ1) is 4.84. The summed E-state index contributed by atoms with van der Waals surface area (Å²) in [4.78, 5) is 0. The highest BCUT2D eigenvalue weighted by Crippen LogP contribution is 2.08. The van der Waals surface area contributed by atoms with Crippen molar-refractivity contribution in [1.29, 1.82) is 0 Å². The molecule has 0 aromatic heterocycles. The van der Waals surface area contributed by atoms with E-state index in [1.807, 2.05) is 30.3 Å². The molecule has 0 radical (unpaired) electrons. The Morgan fingerprint density at radius 2 is 1.90 bits per heavy atom. The molecule has 54 valence electrons. The molecule has 0 aliphatic rings. The van der Waals surface area contributed by atoms with Gasteiger partial charge in [0.05, 0.1) is 0 Å². The molecule has 2 nitrogen and oxygen atoms in total. The van der Waals surface area contributed by atoms with Crippen LogP contribution < -0.4 is 4.31 Å². The molecule has 1 aromatic carbocycles. The summed E-state index contributed by atoms with van der Waals surface area (Å²) >= 11 is 0.0268. The summed E-state index contributed by atoms with van der Waals surface area (Å²) in [6, 6.07) is 9.57. The van der Waals surface area contributed by atoms with Gasteiger partial charge in [-0.15, -0.1) is 0 Å². The van der Waals surface area contributed by atoms with Crippen LogP contribution in [0.25, 0.3) is 0 Å². The van der Waals surface area contributed by atoms with Gasteiger partial charge in [-0.3, -0.25) is 4.31 Å². The maximum atomic E-state index is 10.3. The summed E-state index contributed by atoms with van der Waals surface area (Å²) in [5, 5.41) is 0. The molecule has 3 heteroatoms. The molecule has 1 aromatic rings. The van der Waals surface area contributed by atoms with Crippen LogP contribution in [-0.2, 0) is 11.9 Å². The monoisotopic (exact) mass is 155 g/mol. The van der Waals surface area contributed by atoms with Gasteiger partial charge in [-0.25, -0.2) is 4.21 Å². The van der Waals surface area contributed by atoms with E-state index in [-0.39, 0.29) is 11.9 Å². The van der Waals surface area contributed by atoms with Gasteiger partial charge in [-0.1, -0.05) is 18.2 Å². The zero-order valence-electron chi connectivity index (χ0n) is 5.69. The molecule has 0 aliphatic carbocycles. The molecule has 0 amide bonds. The van der Waals surface area contributed by atoms with Crippen molar-refractivity contribution in [3.8, 4) is 0 Å². The molecule has 1 rings (SSSR count). The fourth-order valence-electron chi connectivity index (χ4n) is 0.691. The van der Waals surface area contributed by atoms with Crippen LogP contribution in [0.3, 0.4) is 0 Å². The zero-order chi connectivity index (χ0) is 7.40. The van der Waals surface area contributed by atoms with Crippen LogP contribution in [-0.4, -0.2) is 11.3 Å². The lowest BCUT2D eigenvalue weighted by molar-refractivity contribution is 0.693. The number of para-hydroxylation sites is 1. The molecule has 0 saturated carbocycles. The van der Waals surface area contributed by atoms with Gasteiger partial charge in [0.15, 0.2) is 0 Å². The predicted molar refractivity (Wildman–Crippen MR) is 44.4 cm³/mol. The molecule has 0 N–H and O–H groups in total. The fourth-order valence-corrected chi connectivity index (χ4v) is 0.918. The number of hydrogen-bond donors (Lipinski definition) is 1. The van der Waals surface area contributed by atoms with E-state index < -0.39 is 0 Å². The quantitative estimate of drug-likeness (QED) is 0.631. The minimum Gasteiger partial charge on any atom is -0.297 e. The van der Waals surface area contributed by atoms with Crippen molar-refractivity contribution in [2.75, 3.05) is 11.4 Å². The summed E-state index contributed by atoms with van der Waals surface area (Å²) in [6.45, 7) is 0. The molecule has 0 bridgehead atoms. The van der Waals surface area contributed by atoms with E-state index in [1.165, 1.54) is 0 Å². The van der Waals surface area contributed by atoms with E-state index in [4.69, 9.17) is 0 Å². The van der Waals surface area contributed by atoms with Crippen LogP contribution in [0.15, 0.2) is 30.3 Å². The molecular weight excluding hydrogens is 146 g/mol. The lowest BCUT2D eigenvalue weighted by Crippen LogP contribution is -2.08. The van der Waals surface area contributed by atoms with Crippen molar-refractivity contribution >= 4 is 17.5 Å². The van der Waals surface area contributed by atoms with Gasteiger partial charge in [0.25, 0.3) is 0 Å². The van der Waals surface area contributed by atoms with Crippen LogP contribution in [0, 0.1) is 0 Å². The topological polar surface area (TPSA) is 20.3 Å². The normalized spacial score (nSPS) is 9.30. The van der Waals surface area contributed by atoms with Crippen molar-refractivity contribution in [3.05, 3.63) is 30.3 Å². The third-order valence-corrected chi connectivity index (χ3v) is 1.73. The molecule has 0 atom stereocenters. The van der Waals surface area contributed by atoms with E-state index in [2.05, 4.69) is 0 Å². The van der Waals surface area contributed by atoms with Gasteiger partial charge in [0, 0.05) is 12.7 Å². The van der Waals surface area contributed by atoms with E-state index in [0.717, 1.165) is 5.69 Å². The average molecular weight is 155 g/mol. The third kappa shape index (κ3) is 1.57. The molecule has 0 fully saturated rings. The Balaban J connectivity index is 2.84. The first-order valence-corrected chi connectivity index (χ1v) is 3.73. The molecule has 0 heterocycles. The number of anilines is 1. The fraction of sp³-hybridized carbons (Fsp3) is 0.143. The zero-order valence-corrected chi connectivity index (χ0v) is 6.58. The van der Waals surface area contributed by atoms with Crippen molar-refractivity contribution in [2.45, 2.75) is 0 Å². The Kier molecular flexibility index (Phi) is 2.45. The first-order valence-electron chi connectivity index (χ1n) is 2.96. The lowest BCUT2D eigenvalue weighted by atomic mass is 10.3. The van der Waals surface area contributed by atoms with Gasteiger partial charge in [-0.05, 0) is 12.1 Å². The van der Waals surface area contributed by atoms with E-state index >= 15 is 0 Å². The number of rotatable bonds is 2. The van der Waals surface area contributed by atoms with Gasteiger partial charge in [0.2, 0.25) is 0 Å². The van der Waals surface area contributed by atoms with Crippen LogP contribution in [0.1, 0.15) is 0 Å². The Hall–Kier alpha value is -0.830. The first kappa shape index (κ1) is 7.28. The Labute approximate surface area is 64.1 Å². The van der Waals surface area contributed by atoms with Crippen molar-refractivity contribution in [1.82, 2.24) is 0 Å². The average Bonchev–Trinajstić information content (AvgIpc) is 2.05. The van der Waals surface area contributed by atoms with Crippen molar-refractivity contribution in [2.24, 2.45) is 0 Å². The van der Waals surface area contributed by atoms with Crippen molar-refractivity contribution in [3.63, 3.8) is 0 Å². The minimum absolute atomic E-state index is 0.0268. The third-order valence-electron chi connectivity index (χ3n) is 1.25. The Morgan fingerprint density at radius 1 is 1.30 bits per heavy atom.